The van der Waals surface area contributed by atoms with E-state index in [9.17, 15) is 13.2 Å². The topological polar surface area (TPSA) is 34.1 Å². The molecule has 0 radical (unpaired) electrons. The van der Waals surface area contributed by atoms with E-state index in [0.717, 1.165) is 25.0 Å². The standard InChI is InChI=1S/C13H17F3N2O/c14-13(15,16)9-19-8-7-17-11-5-1-3-10-4-2-6-18-12(10)11/h2,4,6,11,17H,1,3,5,7-9H2. The third kappa shape index (κ3) is 4.47. The molecule has 106 valence electrons. The predicted octanol–water partition coefficient (Wildman–Crippen LogP) is 2.63. The van der Waals surface area contributed by atoms with Gasteiger partial charge in [-0.1, -0.05) is 6.07 Å². The molecule has 1 aromatic heterocycles. The zero-order chi connectivity index (χ0) is 13.7. The number of hydrogen-bond acceptors (Lipinski definition) is 3. The van der Waals surface area contributed by atoms with Crippen molar-refractivity contribution in [3.63, 3.8) is 0 Å². The number of halogens is 3. The third-order valence-corrected chi connectivity index (χ3v) is 3.10. The van der Waals surface area contributed by atoms with E-state index >= 15 is 0 Å². The zero-order valence-electron chi connectivity index (χ0n) is 10.5. The summed E-state index contributed by atoms with van der Waals surface area (Å²) in [6.07, 6.45) is 0.549. The van der Waals surface area contributed by atoms with Crippen LogP contribution in [0.15, 0.2) is 18.3 Å². The molecule has 0 saturated carbocycles. The maximum absolute atomic E-state index is 11.9. The van der Waals surface area contributed by atoms with Crippen LogP contribution in [-0.2, 0) is 11.2 Å². The number of ether oxygens (including phenoxy) is 1. The molecule has 0 spiro atoms. The van der Waals surface area contributed by atoms with E-state index in [4.69, 9.17) is 0 Å². The summed E-state index contributed by atoms with van der Waals surface area (Å²) in [6, 6.07) is 4.09. The van der Waals surface area contributed by atoms with Gasteiger partial charge in [0.15, 0.2) is 0 Å². The highest BCUT2D eigenvalue weighted by molar-refractivity contribution is 5.25. The van der Waals surface area contributed by atoms with Crippen molar-refractivity contribution in [1.82, 2.24) is 10.3 Å². The molecule has 0 aliphatic heterocycles. The van der Waals surface area contributed by atoms with E-state index < -0.39 is 12.8 Å². The van der Waals surface area contributed by atoms with Crippen LogP contribution in [0.5, 0.6) is 0 Å². The highest BCUT2D eigenvalue weighted by Gasteiger charge is 2.27. The second-order valence-electron chi connectivity index (χ2n) is 4.61. The Bertz CT molecular complexity index is 409. The van der Waals surface area contributed by atoms with Crippen molar-refractivity contribution in [2.45, 2.75) is 31.5 Å². The lowest BCUT2D eigenvalue weighted by Crippen LogP contribution is -2.30. The zero-order valence-corrected chi connectivity index (χ0v) is 10.5. The van der Waals surface area contributed by atoms with E-state index in [1.807, 2.05) is 6.07 Å². The molecule has 1 aliphatic rings. The number of nitrogens with one attached hydrogen (secondary N) is 1. The molecule has 1 N–H and O–H groups in total. The van der Waals surface area contributed by atoms with Crippen LogP contribution in [0, 0.1) is 0 Å². The molecule has 0 amide bonds. The van der Waals surface area contributed by atoms with Gasteiger partial charge in [0, 0.05) is 18.8 Å². The second-order valence-corrected chi connectivity index (χ2v) is 4.61. The number of aryl methyl sites for hydroxylation is 1. The number of fused-ring (bicyclic) bond motifs is 1. The van der Waals surface area contributed by atoms with Crippen molar-refractivity contribution >= 4 is 0 Å². The lowest BCUT2D eigenvalue weighted by Gasteiger charge is -2.25. The molecule has 1 heterocycles. The first-order valence-electron chi connectivity index (χ1n) is 6.38. The fraction of sp³-hybridized carbons (Fsp3) is 0.615. The highest BCUT2D eigenvalue weighted by Crippen LogP contribution is 2.27. The summed E-state index contributed by atoms with van der Waals surface area (Å²) in [6.45, 7) is -0.733. The van der Waals surface area contributed by atoms with Gasteiger partial charge in [-0.25, -0.2) is 0 Å². The molecule has 0 aromatic carbocycles. The molecule has 0 fully saturated rings. The normalized spacial score (nSPS) is 19.2. The van der Waals surface area contributed by atoms with E-state index in [-0.39, 0.29) is 12.6 Å². The minimum Gasteiger partial charge on any atom is -0.371 e. The van der Waals surface area contributed by atoms with E-state index in [1.54, 1.807) is 6.20 Å². The minimum absolute atomic E-state index is 0.0537. The monoisotopic (exact) mass is 274 g/mol. The number of nitrogens with zero attached hydrogens (tertiary/aromatic N) is 1. The Labute approximate surface area is 110 Å². The number of rotatable bonds is 5. The molecule has 1 aromatic rings. The maximum atomic E-state index is 11.9. The summed E-state index contributed by atoms with van der Waals surface area (Å²) >= 11 is 0. The molecule has 19 heavy (non-hydrogen) atoms. The average molecular weight is 274 g/mol. The Kier molecular flexibility index (Phi) is 4.76. The fourth-order valence-electron chi connectivity index (χ4n) is 2.30. The van der Waals surface area contributed by atoms with Crippen molar-refractivity contribution in [1.29, 1.82) is 0 Å². The van der Waals surface area contributed by atoms with E-state index in [0.29, 0.717) is 6.54 Å². The van der Waals surface area contributed by atoms with Gasteiger partial charge < -0.3 is 10.1 Å². The van der Waals surface area contributed by atoms with Gasteiger partial charge in [0.25, 0.3) is 0 Å². The van der Waals surface area contributed by atoms with Crippen LogP contribution in [-0.4, -0.2) is 30.9 Å². The van der Waals surface area contributed by atoms with Gasteiger partial charge in [-0.2, -0.15) is 13.2 Å². The first kappa shape index (κ1) is 14.3. The summed E-state index contributed by atoms with van der Waals surface area (Å²) < 4.78 is 40.2. The van der Waals surface area contributed by atoms with Crippen molar-refractivity contribution < 1.29 is 17.9 Å². The molecule has 0 saturated heterocycles. The van der Waals surface area contributed by atoms with Crippen LogP contribution < -0.4 is 5.32 Å². The van der Waals surface area contributed by atoms with Crippen molar-refractivity contribution in [2.24, 2.45) is 0 Å². The van der Waals surface area contributed by atoms with Crippen molar-refractivity contribution in [3.05, 3.63) is 29.6 Å². The quantitative estimate of drug-likeness (QED) is 0.838. The molecule has 3 nitrogen and oxygen atoms in total. The van der Waals surface area contributed by atoms with Gasteiger partial charge in [-0.15, -0.1) is 0 Å². The summed E-state index contributed by atoms with van der Waals surface area (Å²) in [5.41, 5.74) is 2.24. The summed E-state index contributed by atoms with van der Waals surface area (Å²) in [7, 11) is 0. The summed E-state index contributed by atoms with van der Waals surface area (Å²) in [4.78, 5) is 4.36. The highest BCUT2D eigenvalue weighted by atomic mass is 19.4. The number of pyridine rings is 1. The summed E-state index contributed by atoms with van der Waals surface area (Å²) in [5, 5.41) is 3.21. The minimum atomic E-state index is -4.25. The molecular formula is C13H17F3N2O. The number of hydrogen-bond donors (Lipinski definition) is 1. The lowest BCUT2D eigenvalue weighted by atomic mass is 9.92. The largest absolute Gasteiger partial charge is 0.411 e. The van der Waals surface area contributed by atoms with E-state index in [2.05, 4.69) is 21.1 Å². The first-order chi connectivity index (χ1) is 9.06. The SMILES string of the molecule is FC(F)(F)COCCNC1CCCc2cccnc21. The molecule has 1 aliphatic carbocycles. The van der Waals surface area contributed by atoms with Gasteiger partial charge >= 0.3 is 6.18 Å². The Morgan fingerprint density at radius 2 is 2.26 bits per heavy atom. The predicted molar refractivity (Wildman–Crippen MR) is 64.8 cm³/mol. The van der Waals surface area contributed by atoms with Crippen LogP contribution in [0.1, 0.15) is 30.1 Å². The smallest absolute Gasteiger partial charge is 0.371 e. The Morgan fingerprint density at radius 1 is 1.42 bits per heavy atom. The fourth-order valence-corrected chi connectivity index (χ4v) is 2.30. The van der Waals surface area contributed by atoms with Gasteiger partial charge in [0.05, 0.1) is 12.3 Å². The van der Waals surface area contributed by atoms with E-state index in [1.165, 1.54) is 5.56 Å². The molecular weight excluding hydrogens is 257 g/mol. The molecule has 1 atom stereocenters. The Hall–Kier alpha value is -1.14. The number of aromatic nitrogens is 1. The Morgan fingerprint density at radius 3 is 3.05 bits per heavy atom. The van der Waals surface area contributed by atoms with Crippen LogP contribution in [0.3, 0.4) is 0 Å². The average Bonchev–Trinajstić information content (AvgIpc) is 2.37. The molecule has 1 unspecified atom stereocenters. The van der Waals surface area contributed by atoms with Gasteiger partial charge in [0.2, 0.25) is 0 Å². The maximum Gasteiger partial charge on any atom is 0.411 e. The van der Waals surface area contributed by atoms with Gasteiger partial charge in [-0.3, -0.25) is 4.98 Å². The summed E-state index contributed by atoms with van der Waals surface area (Å²) in [5.74, 6) is 0. The van der Waals surface area contributed by atoms with Crippen LogP contribution in [0.25, 0.3) is 0 Å². The van der Waals surface area contributed by atoms with Crippen molar-refractivity contribution in [2.75, 3.05) is 19.8 Å². The molecule has 0 bridgehead atoms. The first-order valence-corrected chi connectivity index (χ1v) is 6.38. The van der Waals surface area contributed by atoms with Gasteiger partial charge in [0.1, 0.15) is 6.61 Å². The lowest BCUT2D eigenvalue weighted by molar-refractivity contribution is -0.173. The van der Waals surface area contributed by atoms with Gasteiger partial charge in [-0.05, 0) is 30.9 Å². The van der Waals surface area contributed by atoms with Crippen LogP contribution in [0.2, 0.25) is 0 Å². The number of alkyl halides is 3. The second kappa shape index (κ2) is 6.34. The van der Waals surface area contributed by atoms with Crippen LogP contribution in [0.4, 0.5) is 13.2 Å². The molecule has 2 rings (SSSR count). The molecule has 6 heteroatoms. The van der Waals surface area contributed by atoms with Crippen molar-refractivity contribution in [3.8, 4) is 0 Å². The van der Waals surface area contributed by atoms with Crippen LogP contribution >= 0.6 is 0 Å². The third-order valence-electron chi connectivity index (χ3n) is 3.10. The Balaban J connectivity index is 1.75.